The summed E-state index contributed by atoms with van der Waals surface area (Å²) in [6, 6.07) is 0. The molecular formula is C9H8O5. The van der Waals surface area contributed by atoms with Gasteiger partial charge >= 0.3 is 11.9 Å². The third-order valence-electron chi connectivity index (χ3n) is 2.08. The highest BCUT2D eigenvalue weighted by atomic mass is 16.4. The lowest BCUT2D eigenvalue weighted by Gasteiger charge is -2.20. The molecule has 0 amide bonds. The van der Waals surface area contributed by atoms with Crippen LogP contribution in [-0.2, 0) is 14.4 Å². The van der Waals surface area contributed by atoms with E-state index in [2.05, 4.69) is 0 Å². The molecule has 0 aliphatic heterocycles. The smallest absolute Gasteiger partial charge is 0.335 e. The maximum absolute atomic E-state index is 10.7. The lowest BCUT2D eigenvalue weighted by molar-refractivity contribution is -0.148. The minimum atomic E-state index is -1.60. The van der Waals surface area contributed by atoms with Gasteiger partial charge in [0.15, 0.2) is 0 Å². The van der Waals surface area contributed by atoms with Crippen molar-refractivity contribution in [2.45, 2.75) is 6.42 Å². The number of allylic oxidation sites excluding steroid dienone is 1. The summed E-state index contributed by atoms with van der Waals surface area (Å²) < 4.78 is 0. The van der Waals surface area contributed by atoms with Crippen LogP contribution in [0.2, 0.25) is 0 Å². The molecule has 5 heteroatoms. The van der Waals surface area contributed by atoms with E-state index in [1.165, 1.54) is 6.08 Å². The topological polar surface area (TPSA) is 91.7 Å². The van der Waals surface area contributed by atoms with Crippen LogP contribution in [0.15, 0.2) is 23.8 Å². The largest absolute Gasteiger partial charge is 0.480 e. The highest BCUT2D eigenvalue weighted by Gasteiger charge is 2.36. The Balaban J connectivity index is 2.96. The summed E-state index contributed by atoms with van der Waals surface area (Å²) in [5.41, 5.74) is -1.59. The third-order valence-corrected chi connectivity index (χ3v) is 2.08. The molecule has 1 unspecified atom stereocenters. The highest BCUT2D eigenvalue weighted by molar-refractivity contribution is 5.97. The van der Waals surface area contributed by atoms with Crippen LogP contribution in [0.25, 0.3) is 0 Å². The third kappa shape index (κ3) is 1.56. The molecule has 14 heavy (non-hydrogen) atoms. The van der Waals surface area contributed by atoms with Gasteiger partial charge in [-0.2, -0.15) is 0 Å². The summed E-state index contributed by atoms with van der Waals surface area (Å²) in [6.45, 7) is 0. The average Bonchev–Trinajstić information content (AvgIpc) is 2.17. The molecule has 0 fully saturated rings. The number of hydrogen-bond acceptors (Lipinski definition) is 3. The molecule has 0 spiro atoms. The normalized spacial score (nSPS) is 25.3. The van der Waals surface area contributed by atoms with Gasteiger partial charge in [-0.05, 0) is 6.42 Å². The summed E-state index contributed by atoms with van der Waals surface area (Å²) in [7, 11) is 0. The number of aldehydes is 1. The molecule has 0 aromatic rings. The summed E-state index contributed by atoms with van der Waals surface area (Å²) in [5.74, 6) is -2.41. The van der Waals surface area contributed by atoms with Crippen molar-refractivity contribution in [1.82, 2.24) is 0 Å². The number of carboxylic acid groups (broad SMARTS) is 2. The van der Waals surface area contributed by atoms with Crippen LogP contribution in [0, 0.1) is 5.41 Å². The van der Waals surface area contributed by atoms with E-state index in [4.69, 9.17) is 10.2 Å². The first-order valence-electron chi connectivity index (χ1n) is 3.84. The van der Waals surface area contributed by atoms with E-state index in [0.717, 1.165) is 12.2 Å². The Morgan fingerprint density at radius 2 is 2.07 bits per heavy atom. The van der Waals surface area contributed by atoms with E-state index in [-0.39, 0.29) is 12.0 Å². The van der Waals surface area contributed by atoms with E-state index in [9.17, 15) is 14.4 Å². The second-order valence-electron chi connectivity index (χ2n) is 2.97. The molecule has 1 aliphatic rings. The van der Waals surface area contributed by atoms with E-state index in [1.54, 1.807) is 0 Å². The van der Waals surface area contributed by atoms with E-state index >= 15 is 0 Å². The molecule has 0 bridgehead atoms. The van der Waals surface area contributed by atoms with Crippen LogP contribution in [0.1, 0.15) is 6.42 Å². The molecule has 1 atom stereocenters. The molecule has 74 valence electrons. The number of hydrogen-bond donors (Lipinski definition) is 2. The number of carbonyl (C=O) groups excluding carboxylic acids is 1. The summed E-state index contributed by atoms with van der Waals surface area (Å²) in [5, 5.41) is 17.3. The van der Waals surface area contributed by atoms with Gasteiger partial charge in [0, 0.05) is 0 Å². The molecule has 0 saturated heterocycles. The van der Waals surface area contributed by atoms with Crippen LogP contribution in [0.3, 0.4) is 0 Å². The predicted octanol–water partition coefficient (Wildman–Crippen LogP) is 0.227. The van der Waals surface area contributed by atoms with Gasteiger partial charge in [0.05, 0.1) is 5.57 Å². The van der Waals surface area contributed by atoms with Crippen molar-refractivity contribution < 1.29 is 24.6 Å². The Morgan fingerprint density at radius 3 is 2.36 bits per heavy atom. The second kappa shape index (κ2) is 3.45. The molecule has 0 radical (unpaired) electrons. The van der Waals surface area contributed by atoms with E-state index in [0.29, 0.717) is 6.29 Å². The van der Waals surface area contributed by atoms with Gasteiger partial charge in [0.2, 0.25) is 0 Å². The summed E-state index contributed by atoms with van der Waals surface area (Å²) >= 11 is 0. The predicted molar refractivity (Wildman–Crippen MR) is 45.6 cm³/mol. The van der Waals surface area contributed by atoms with E-state index < -0.39 is 17.4 Å². The first kappa shape index (κ1) is 10.2. The quantitative estimate of drug-likeness (QED) is 0.497. The Labute approximate surface area is 79.3 Å². The minimum Gasteiger partial charge on any atom is -0.480 e. The fourth-order valence-electron chi connectivity index (χ4n) is 1.11. The van der Waals surface area contributed by atoms with Crippen molar-refractivity contribution >= 4 is 18.2 Å². The van der Waals surface area contributed by atoms with Gasteiger partial charge in [-0.15, -0.1) is 0 Å². The highest BCUT2D eigenvalue weighted by Crippen LogP contribution is 2.28. The number of carbonyl (C=O) groups is 3. The summed E-state index contributed by atoms with van der Waals surface area (Å²) in [4.78, 5) is 31.8. The summed E-state index contributed by atoms with van der Waals surface area (Å²) in [6.07, 6.45) is 3.65. The van der Waals surface area contributed by atoms with Gasteiger partial charge < -0.3 is 15.0 Å². The lowest BCUT2D eigenvalue weighted by atomic mass is 9.81. The van der Waals surface area contributed by atoms with Gasteiger partial charge in [-0.25, -0.2) is 4.79 Å². The molecule has 0 saturated carbocycles. The molecular weight excluding hydrogens is 188 g/mol. The zero-order valence-corrected chi connectivity index (χ0v) is 7.14. The maximum atomic E-state index is 10.7. The van der Waals surface area contributed by atoms with Gasteiger partial charge in [0.1, 0.15) is 11.7 Å². The second-order valence-corrected chi connectivity index (χ2v) is 2.97. The Morgan fingerprint density at radius 1 is 1.43 bits per heavy atom. The van der Waals surface area contributed by atoms with Crippen LogP contribution in [0.5, 0.6) is 0 Å². The van der Waals surface area contributed by atoms with Gasteiger partial charge in [-0.1, -0.05) is 18.2 Å². The monoisotopic (exact) mass is 196 g/mol. The van der Waals surface area contributed by atoms with Crippen LogP contribution in [-0.4, -0.2) is 28.4 Å². The van der Waals surface area contributed by atoms with Gasteiger partial charge in [0.25, 0.3) is 0 Å². The molecule has 0 heterocycles. The standard InChI is InChI=1S/C9H8O5/c10-5-9(8(13)14)3-1-6(2-4-9)7(11)12/h1-3,5H,4H2,(H,11,12)(H,13,14). The molecule has 0 aromatic heterocycles. The van der Waals surface area contributed by atoms with Crippen molar-refractivity contribution in [3.8, 4) is 0 Å². The first-order valence-corrected chi connectivity index (χ1v) is 3.84. The molecule has 0 aromatic carbocycles. The van der Waals surface area contributed by atoms with Crippen molar-refractivity contribution in [3.63, 3.8) is 0 Å². The Kier molecular flexibility index (Phi) is 2.51. The van der Waals surface area contributed by atoms with E-state index in [1.807, 2.05) is 0 Å². The van der Waals surface area contributed by atoms with Crippen LogP contribution in [0.4, 0.5) is 0 Å². The first-order chi connectivity index (χ1) is 6.52. The fourth-order valence-corrected chi connectivity index (χ4v) is 1.11. The molecule has 5 nitrogen and oxygen atoms in total. The fraction of sp³-hybridized carbons (Fsp3) is 0.222. The zero-order valence-electron chi connectivity index (χ0n) is 7.14. The van der Waals surface area contributed by atoms with Crippen LogP contribution < -0.4 is 0 Å². The minimum absolute atomic E-state index is 0.00345. The van der Waals surface area contributed by atoms with Crippen molar-refractivity contribution in [2.75, 3.05) is 0 Å². The molecule has 1 rings (SSSR count). The lowest BCUT2D eigenvalue weighted by Crippen LogP contribution is -2.31. The molecule has 1 aliphatic carbocycles. The maximum Gasteiger partial charge on any atom is 0.335 e. The van der Waals surface area contributed by atoms with Crippen molar-refractivity contribution in [1.29, 1.82) is 0 Å². The number of aliphatic carboxylic acids is 2. The molecule has 2 N–H and O–H groups in total. The Hall–Kier alpha value is -1.91. The number of carboxylic acids is 2. The SMILES string of the molecule is O=CC1(C(=O)O)C=CC(C(=O)O)=CC1. The van der Waals surface area contributed by atoms with Crippen molar-refractivity contribution in [2.24, 2.45) is 5.41 Å². The average molecular weight is 196 g/mol. The zero-order chi connectivity index (χ0) is 10.8. The van der Waals surface area contributed by atoms with Crippen molar-refractivity contribution in [3.05, 3.63) is 23.8 Å². The van der Waals surface area contributed by atoms with Crippen LogP contribution >= 0.6 is 0 Å². The van der Waals surface area contributed by atoms with Gasteiger partial charge in [-0.3, -0.25) is 4.79 Å². The number of rotatable bonds is 3. The Bertz CT molecular complexity index is 352.